The fourth-order valence-electron chi connectivity index (χ4n) is 1.32. The fraction of sp³-hybridized carbons (Fsp3) is 0.857. The number of rotatable bonds is 8. The van der Waals surface area contributed by atoms with E-state index in [4.69, 9.17) is 16.0 Å². The lowest BCUT2D eigenvalue weighted by atomic mass is 10.1. The maximum absolute atomic E-state index is 6.13. The molecule has 0 aromatic rings. The molecule has 0 saturated heterocycles. The Bertz CT molecular complexity index is 219. The molecule has 0 spiro atoms. The van der Waals surface area contributed by atoms with Crippen molar-refractivity contribution in [2.24, 2.45) is 0 Å². The van der Waals surface area contributed by atoms with Gasteiger partial charge in [-0.3, -0.25) is 0 Å². The van der Waals surface area contributed by atoms with Gasteiger partial charge in [-0.1, -0.05) is 51.3 Å². The van der Waals surface area contributed by atoms with Crippen LogP contribution in [-0.2, 0) is 4.43 Å². The first-order valence-corrected chi connectivity index (χ1v) is 10.0. The minimum absolute atomic E-state index is 0.331. The van der Waals surface area contributed by atoms with E-state index in [2.05, 4.69) is 33.9 Å². The first-order valence-electron chi connectivity index (χ1n) is 6.70. The molecule has 0 amide bonds. The maximum Gasteiger partial charge on any atom is 0.191 e. The number of halogens is 1. The van der Waals surface area contributed by atoms with E-state index < -0.39 is 8.32 Å². The van der Waals surface area contributed by atoms with Crippen molar-refractivity contribution >= 4 is 19.9 Å². The second kappa shape index (κ2) is 8.33. The van der Waals surface area contributed by atoms with Crippen LogP contribution < -0.4 is 0 Å². The van der Waals surface area contributed by atoms with E-state index in [0.717, 1.165) is 13.0 Å². The summed E-state index contributed by atoms with van der Waals surface area (Å²) in [7, 11) is -1.51. The summed E-state index contributed by atoms with van der Waals surface area (Å²) in [6, 6.07) is 0. The molecule has 0 atom stereocenters. The highest BCUT2D eigenvalue weighted by Crippen LogP contribution is 2.36. The molecule has 102 valence electrons. The maximum atomic E-state index is 6.13. The second-order valence-electron chi connectivity index (χ2n) is 6.17. The molecule has 0 saturated carbocycles. The van der Waals surface area contributed by atoms with Crippen LogP contribution in [0.2, 0.25) is 18.1 Å². The van der Waals surface area contributed by atoms with Crippen molar-refractivity contribution in [3.05, 3.63) is 11.6 Å². The van der Waals surface area contributed by atoms with E-state index in [1.54, 1.807) is 5.54 Å². The minimum Gasteiger partial charge on any atom is -0.417 e. The van der Waals surface area contributed by atoms with Crippen LogP contribution in [0.15, 0.2) is 11.6 Å². The van der Waals surface area contributed by atoms with Crippen LogP contribution in [0.5, 0.6) is 0 Å². The van der Waals surface area contributed by atoms with E-state index in [-0.39, 0.29) is 0 Å². The van der Waals surface area contributed by atoms with Crippen molar-refractivity contribution in [1.82, 2.24) is 0 Å². The SMILES string of the molecule is CC(C)(C)[Si](C)(C)OCCCCCCC=CCl. The standard InChI is InChI=1S/C14H29ClOSi/c1-14(2,3)17(4,5)16-13-11-9-7-6-8-10-12-15/h10,12H,6-9,11,13H2,1-5H3. The van der Waals surface area contributed by atoms with Gasteiger partial charge < -0.3 is 4.43 Å². The molecule has 0 unspecified atom stereocenters. The van der Waals surface area contributed by atoms with Crippen LogP contribution in [0, 0.1) is 0 Å². The van der Waals surface area contributed by atoms with Crippen LogP contribution >= 0.6 is 11.6 Å². The predicted molar refractivity (Wildman–Crippen MR) is 81.2 cm³/mol. The van der Waals surface area contributed by atoms with Crippen molar-refractivity contribution in [2.75, 3.05) is 6.61 Å². The molecule has 0 heterocycles. The van der Waals surface area contributed by atoms with Crippen LogP contribution in [0.1, 0.15) is 52.9 Å². The van der Waals surface area contributed by atoms with Gasteiger partial charge in [-0.25, -0.2) is 0 Å². The highest BCUT2D eigenvalue weighted by atomic mass is 35.5. The van der Waals surface area contributed by atoms with Crippen LogP contribution in [-0.4, -0.2) is 14.9 Å². The molecule has 0 N–H and O–H groups in total. The molecular formula is C14H29ClOSi. The lowest BCUT2D eigenvalue weighted by Crippen LogP contribution is -2.40. The van der Waals surface area contributed by atoms with E-state index in [1.165, 1.54) is 25.7 Å². The Morgan fingerprint density at radius 1 is 1.06 bits per heavy atom. The van der Waals surface area contributed by atoms with Gasteiger partial charge in [0, 0.05) is 12.1 Å². The Kier molecular flexibility index (Phi) is 8.43. The normalized spacial score (nSPS) is 13.5. The minimum atomic E-state index is -1.51. The molecule has 0 aliphatic rings. The summed E-state index contributed by atoms with van der Waals surface area (Å²) in [5, 5.41) is 0.331. The van der Waals surface area contributed by atoms with Crippen molar-refractivity contribution in [3.8, 4) is 0 Å². The van der Waals surface area contributed by atoms with Crippen LogP contribution in [0.4, 0.5) is 0 Å². The summed E-state index contributed by atoms with van der Waals surface area (Å²) in [5.41, 5.74) is 1.61. The van der Waals surface area contributed by atoms with E-state index >= 15 is 0 Å². The molecule has 0 radical (unpaired) electrons. The number of hydrogen-bond donors (Lipinski definition) is 0. The van der Waals surface area contributed by atoms with Gasteiger partial charge in [-0.2, -0.15) is 0 Å². The Morgan fingerprint density at radius 3 is 2.18 bits per heavy atom. The summed E-state index contributed by atoms with van der Waals surface area (Å²) in [6.07, 6.45) is 8.10. The largest absolute Gasteiger partial charge is 0.417 e. The molecule has 1 nitrogen and oxygen atoms in total. The van der Waals surface area contributed by atoms with Crippen molar-refractivity contribution in [3.63, 3.8) is 0 Å². The van der Waals surface area contributed by atoms with Gasteiger partial charge in [0.2, 0.25) is 0 Å². The lowest BCUT2D eigenvalue weighted by molar-refractivity contribution is 0.277. The quantitative estimate of drug-likeness (QED) is 0.407. The zero-order valence-corrected chi connectivity index (χ0v) is 13.9. The second-order valence-corrected chi connectivity index (χ2v) is 11.2. The van der Waals surface area contributed by atoms with E-state index in [9.17, 15) is 0 Å². The van der Waals surface area contributed by atoms with Crippen LogP contribution in [0.3, 0.4) is 0 Å². The summed E-state index contributed by atoms with van der Waals surface area (Å²) in [4.78, 5) is 0. The van der Waals surface area contributed by atoms with Crippen molar-refractivity contribution in [1.29, 1.82) is 0 Å². The third kappa shape index (κ3) is 8.01. The molecule has 0 fully saturated rings. The summed E-state index contributed by atoms with van der Waals surface area (Å²) in [6.45, 7) is 12.4. The van der Waals surface area contributed by atoms with Gasteiger partial charge in [0.15, 0.2) is 8.32 Å². The van der Waals surface area contributed by atoms with Crippen molar-refractivity contribution < 1.29 is 4.43 Å². The van der Waals surface area contributed by atoms with Gasteiger partial charge in [0.05, 0.1) is 0 Å². The van der Waals surface area contributed by atoms with Gasteiger partial charge in [0.1, 0.15) is 0 Å². The van der Waals surface area contributed by atoms with E-state index in [0.29, 0.717) is 5.04 Å². The molecule has 17 heavy (non-hydrogen) atoms. The number of unbranched alkanes of at least 4 members (excludes halogenated alkanes) is 4. The summed E-state index contributed by atoms with van der Waals surface area (Å²) < 4.78 is 6.13. The predicted octanol–water partition coefficient (Wildman–Crippen LogP) is 5.71. The van der Waals surface area contributed by atoms with Crippen LogP contribution in [0.25, 0.3) is 0 Å². The zero-order valence-electron chi connectivity index (χ0n) is 12.2. The molecule has 0 aromatic carbocycles. The summed E-state index contributed by atoms with van der Waals surface area (Å²) in [5.74, 6) is 0. The molecular weight excluding hydrogens is 248 g/mol. The first kappa shape index (κ1) is 17.2. The summed E-state index contributed by atoms with van der Waals surface area (Å²) >= 11 is 5.46. The molecule has 3 heteroatoms. The lowest BCUT2D eigenvalue weighted by Gasteiger charge is -2.36. The highest BCUT2D eigenvalue weighted by Gasteiger charge is 2.36. The third-order valence-corrected chi connectivity index (χ3v) is 8.34. The fourth-order valence-corrected chi connectivity index (χ4v) is 2.54. The van der Waals surface area contributed by atoms with Gasteiger partial charge in [-0.15, -0.1) is 0 Å². The monoisotopic (exact) mass is 276 g/mol. The zero-order chi connectivity index (χ0) is 13.4. The Labute approximate surface area is 114 Å². The number of allylic oxidation sites excluding steroid dienone is 1. The van der Waals surface area contributed by atoms with Gasteiger partial charge in [-0.05, 0) is 37.4 Å². The van der Waals surface area contributed by atoms with Crippen molar-refractivity contribution in [2.45, 2.75) is 71.0 Å². The first-order chi connectivity index (χ1) is 7.81. The molecule has 0 aromatic heterocycles. The molecule has 0 rings (SSSR count). The Hall–Kier alpha value is 0.207. The topological polar surface area (TPSA) is 9.23 Å². The molecule has 0 aliphatic heterocycles. The Balaban J connectivity index is 3.52. The van der Waals surface area contributed by atoms with Gasteiger partial charge >= 0.3 is 0 Å². The average molecular weight is 277 g/mol. The third-order valence-electron chi connectivity index (χ3n) is 3.62. The Morgan fingerprint density at radius 2 is 1.65 bits per heavy atom. The van der Waals surface area contributed by atoms with E-state index in [1.807, 2.05) is 6.08 Å². The van der Waals surface area contributed by atoms with Gasteiger partial charge in [0.25, 0.3) is 0 Å². The smallest absolute Gasteiger partial charge is 0.191 e. The highest BCUT2D eigenvalue weighted by molar-refractivity contribution is 6.74. The average Bonchev–Trinajstić information content (AvgIpc) is 2.20. The number of hydrogen-bond acceptors (Lipinski definition) is 1. The molecule has 0 aliphatic carbocycles. The molecule has 0 bridgehead atoms.